The summed E-state index contributed by atoms with van der Waals surface area (Å²) in [6, 6.07) is 1.52. The van der Waals surface area contributed by atoms with Gasteiger partial charge in [-0.3, -0.25) is 0 Å². The Balaban J connectivity index is 2.78. The van der Waals surface area contributed by atoms with Crippen LogP contribution >= 0.6 is 0 Å². The van der Waals surface area contributed by atoms with Crippen LogP contribution in [-0.4, -0.2) is 20.0 Å². The van der Waals surface area contributed by atoms with Crippen molar-refractivity contribution in [2.45, 2.75) is 70.3 Å². The van der Waals surface area contributed by atoms with Gasteiger partial charge in [0.15, 0.2) is 8.32 Å². The molecule has 2 atom stereocenters. The standard InChI is InChI=1S/C11H25NOSi/c1-5-10(12)11(6-2)8-7-9-14(3,4)13-11/h10H,5-9,12H2,1-4H3. The molecular formula is C11H25NOSi. The summed E-state index contributed by atoms with van der Waals surface area (Å²) >= 11 is 0. The molecule has 1 aliphatic rings. The fraction of sp³-hybridized carbons (Fsp3) is 1.00. The van der Waals surface area contributed by atoms with Crippen molar-refractivity contribution in [1.82, 2.24) is 0 Å². The molecule has 0 aromatic rings. The predicted octanol–water partition coefficient (Wildman–Crippen LogP) is 2.89. The van der Waals surface area contributed by atoms with Gasteiger partial charge in [-0.15, -0.1) is 0 Å². The first-order chi connectivity index (χ1) is 6.46. The highest BCUT2D eigenvalue weighted by Gasteiger charge is 2.43. The summed E-state index contributed by atoms with van der Waals surface area (Å²) in [6.45, 7) is 9.01. The quantitative estimate of drug-likeness (QED) is 0.735. The normalized spacial score (nSPS) is 34.1. The van der Waals surface area contributed by atoms with Crippen LogP contribution in [0.25, 0.3) is 0 Å². The molecule has 1 aliphatic heterocycles. The minimum absolute atomic E-state index is 0.00270. The van der Waals surface area contributed by atoms with E-state index in [4.69, 9.17) is 10.2 Å². The van der Waals surface area contributed by atoms with Gasteiger partial charge in [0.2, 0.25) is 0 Å². The second-order valence-corrected chi connectivity index (χ2v) is 9.37. The minimum atomic E-state index is -1.41. The van der Waals surface area contributed by atoms with E-state index in [1.54, 1.807) is 0 Å². The number of nitrogens with two attached hydrogens (primary N) is 1. The molecule has 1 heterocycles. The van der Waals surface area contributed by atoms with Crippen LogP contribution in [0.2, 0.25) is 19.1 Å². The Kier molecular flexibility index (Phi) is 3.78. The molecule has 0 aromatic heterocycles. The van der Waals surface area contributed by atoms with E-state index in [1.165, 1.54) is 12.5 Å². The van der Waals surface area contributed by atoms with Gasteiger partial charge in [0.25, 0.3) is 0 Å². The highest BCUT2D eigenvalue weighted by atomic mass is 28.4. The largest absolute Gasteiger partial charge is 0.410 e. The molecule has 3 heteroatoms. The molecule has 0 aromatic carbocycles. The van der Waals surface area contributed by atoms with E-state index in [2.05, 4.69) is 26.9 Å². The average Bonchev–Trinajstić information content (AvgIpc) is 2.14. The molecule has 1 rings (SSSR count). The Morgan fingerprint density at radius 2 is 2.07 bits per heavy atom. The van der Waals surface area contributed by atoms with Crippen molar-refractivity contribution in [3.63, 3.8) is 0 Å². The predicted molar refractivity (Wildman–Crippen MR) is 63.9 cm³/mol. The van der Waals surface area contributed by atoms with Gasteiger partial charge in [-0.2, -0.15) is 0 Å². The number of hydrogen-bond acceptors (Lipinski definition) is 2. The molecule has 84 valence electrons. The minimum Gasteiger partial charge on any atom is -0.410 e. The van der Waals surface area contributed by atoms with Crippen molar-refractivity contribution in [3.05, 3.63) is 0 Å². The monoisotopic (exact) mass is 215 g/mol. The Labute approximate surface area is 89.3 Å². The lowest BCUT2D eigenvalue weighted by atomic mass is 9.86. The molecule has 2 N–H and O–H groups in total. The first-order valence-electron chi connectivity index (χ1n) is 5.91. The van der Waals surface area contributed by atoms with Crippen LogP contribution in [-0.2, 0) is 4.43 Å². The highest BCUT2D eigenvalue weighted by Crippen LogP contribution is 2.38. The van der Waals surface area contributed by atoms with Crippen molar-refractivity contribution in [1.29, 1.82) is 0 Å². The first-order valence-corrected chi connectivity index (χ1v) is 9.03. The molecule has 0 saturated carbocycles. The van der Waals surface area contributed by atoms with Crippen molar-refractivity contribution in [2.75, 3.05) is 0 Å². The zero-order chi connectivity index (χ0) is 10.8. The lowest BCUT2D eigenvalue weighted by Gasteiger charge is -2.47. The molecule has 0 aliphatic carbocycles. The SMILES string of the molecule is CCC(N)C1(CC)CCC[Si](C)(C)O1. The summed E-state index contributed by atoms with van der Waals surface area (Å²) in [6.07, 6.45) is 4.56. The van der Waals surface area contributed by atoms with E-state index in [0.29, 0.717) is 0 Å². The first kappa shape index (κ1) is 12.2. The average molecular weight is 215 g/mol. The van der Waals surface area contributed by atoms with Crippen molar-refractivity contribution < 1.29 is 4.43 Å². The summed E-state index contributed by atoms with van der Waals surface area (Å²) in [7, 11) is -1.41. The molecule has 14 heavy (non-hydrogen) atoms. The fourth-order valence-electron chi connectivity index (χ4n) is 2.61. The zero-order valence-electron chi connectivity index (χ0n) is 10.1. The fourth-order valence-corrected chi connectivity index (χ4v) is 5.24. The summed E-state index contributed by atoms with van der Waals surface area (Å²) in [5.41, 5.74) is 6.21. The smallest absolute Gasteiger partial charge is 0.187 e. The third-order valence-electron chi connectivity index (χ3n) is 3.57. The Morgan fingerprint density at radius 1 is 1.43 bits per heavy atom. The Bertz CT molecular complexity index is 196. The van der Waals surface area contributed by atoms with E-state index in [1.807, 2.05) is 0 Å². The third-order valence-corrected chi connectivity index (χ3v) is 6.09. The molecule has 0 bridgehead atoms. The Morgan fingerprint density at radius 3 is 2.50 bits per heavy atom. The number of rotatable bonds is 3. The van der Waals surface area contributed by atoms with Gasteiger partial charge in [-0.05, 0) is 38.4 Å². The van der Waals surface area contributed by atoms with E-state index >= 15 is 0 Å². The molecule has 1 fully saturated rings. The van der Waals surface area contributed by atoms with Crippen LogP contribution in [0.15, 0.2) is 0 Å². The van der Waals surface area contributed by atoms with Crippen LogP contribution in [0.4, 0.5) is 0 Å². The molecule has 2 nitrogen and oxygen atoms in total. The maximum absolute atomic E-state index is 6.38. The zero-order valence-corrected chi connectivity index (χ0v) is 11.1. The maximum Gasteiger partial charge on any atom is 0.187 e. The van der Waals surface area contributed by atoms with Crippen molar-refractivity contribution in [2.24, 2.45) is 5.73 Å². The van der Waals surface area contributed by atoms with Gasteiger partial charge < -0.3 is 10.2 Å². The lowest BCUT2D eigenvalue weighted by Crippen LogP contribution is -2.57. The maximum atomic E-state index is 6.38. The molecule has 0 amide bonds. The van der Waals surface area contributed by atoms with E-state index in [-0.39, 0.29) is 11.6 Å². The summed E-state index contributed by atoms with van der Waals surface area (Å²) in [5, 5.41) is 0. The molecular weight excluding hydrogens is 190 g/mol. The van der Waals surface area contributed by atoms with Crippen molar-refractivity contribution >= 4 is 8.32 Å². The van der Waals surface area contributed by atoms with Gasteiger partial charge in [-0.25, -0.2) is 0 Å². The van der Waals surface area contributed by atoms with Crippen molar-refractivity contribution in [3.8, 4) is 0 Å². The molecule has 2 unspecified atom stereocenters. The van der Waals surface area contributed by atoms with Crippen LogP contribution in [0.3, 0.4) is 0 Å². The molecule has 0 radical (unpaired) electrons. The van der Waals surface area contributed by atoms with Gasteiger partial charge in [-0.1, -0.05) is 20.3 Å². The number of hydrogen-bond donors (Lipinski definition) is 1. The van der Waals surface area contributed by atoms with Crippen LogP contribution in [0, 0.1) is 0 Å². The van der Waals surface area contributed by atoms with Gasteiger partial charge in [0.1, 0.15) is 0 Å². The second kappa shape index (κ2) is 4.33. The van der Waals surface area contributed by atoms with Gasteiger partial charge in [0, 0.05) is 6.04 Å². The summed E-state index contributed by atoms with van der Waals surface area (Å²) in [4.78, 5) is 0. The topological polar surface area (TPSA) is 35.2 Å². The lowest BCUT2D eigenvalue weighted by molar-refractivity contribution is 0.00471. The second-order valence-electron chi connectivity index (χ2n) is 5.15. The highest BCUT2D eigenvalue weighted by molar-refractivity contribution is 6.71. The van der Waals surface area contributed by atoms with Crippen LogP contribution < -0.4 is 5.73 Å². The van der Waals surface area contributed by atoms with Crippen LogP contribution in [0.5, 0.6) is 0 Å². The summed E-state index contributed by atoms with van der Waals surface area (Å²) in [5.74, 6) is 0. The molecule has 1 saturated heterocycles. The van der Waals surface area contributed by atoms with E-state index in [0.717, 1.165) is 19.3 Å². The van der Waals surface area contributed by atoms with Crippen LogP contribution in [0.1, 0.15) is 39.5 Å². The third kappa shape index (κ3) is 2.38. The Hall–Kier alpha value is 0.137. The molecule has 0 spiro atoms. The van der Waals surface area contributed by atoms with E-state index < -0.39 is 8.32 Å². The summed E-state index contributed by atoms with van der Waals surface area (Å²) < 4.78 is 6.38. The van der Waals surface area contributed by atoms with E-state index in [9.17, 15) is 0 Å². The van der Waals surface area contributed by atoms with Gasteiger partial charge in [0.05, 0.1) is 5.60 Å². The van der Waals surface area contributed by atoms with Gasteiger partial charge >= 0.3 is 0 Å².